The summed E-state index contributed by atoms with van der Waals surface area (Å²) < 4.78 is 29.5. The molecule has 0 aliphatic carbocycles. The second-order valence-electron chi connectivity index (χ2n) is 4.16. The van der Waals surface area contributed by atoms with Crippen molar-refractivity contribution in [1.82, 2.24) is 5.32 Å². The molecule has 0 bridgehead atoms. The zero-order valence-corrected chi connectivity index (χ0v) is 12.8. The molecule has 0 aliphatic heterocycles. The molecule has 0 saturated heterocycles. The average Bonchev–Trinajstić information content (AvgIpc) is 2.40. The number of carbonyl (C=O) groups excluding carboxylic acids is 1. The molecule has 3 N–H and O–H groups in total. The van der Waals surface area contributed by atoms with Crippen LogP contribution in [0.5, 0.6) is 0 Å². The second-order valence-corrected chi connectivity index (χ2v) is 6.81. The van der Waals surface area contributed by atoms with E-state index >= 15 is 0 Å². The molecule has 0 spiro atoms. The highest BCUT2D eigenvalue weighted by Crippen LogP contribution is 2.27. The predicted molar refractivity (Wildman–Crippen MR) is 77.4 cm³/mol. The van der Waals surface area contributed by atoms with Crippen molar-refractivity contribution in [2.24, 2.45) is 0 Å². The van der Waals surface area contributed by atoms with Gasteiger partial charge < -0.3 is 15.8 Å². The van der Waals surface area contributed by atoms with Gasteiger partial charge in [-0.3, -0.25) is 4.79 Å². The van der Waals surface area contributed by atoms with Crippen molar-refractivity contribution >= 4 is 33.0 Å². The van der Waals surface area contributed by atoms with Gasteiger partial charge in [0, 0.05) is 19.3 Å². The first-order valence-electron chi connectivity index (χ1n) is 5.86. The molecule has 0 aliphatic rings. The lowest BCUT2D eigenvalue weighted by molar-refractivity contribution is -0.120. The van der Waals surface area contributed by atoms with Gasteiger partial charge in [-0.2, -0.15) is 0 Å². The fraction of sp³-hybridized carbons (Fsp3) is 0.417. The second kappa shape index (κ2) is 6.92. The number of nitrogens with one attached hydrogen (secondary N) is 1. The maximum absolute atomic E-state index is 12.3. The van der Waals surface area contributed by atoms with Crippen LogP contribution in [-0.4, -0.2) is 39.8 Å². The number of benzene rings is 1. The summed E-state index contributed by atoms with van der Waals surface area (Å²) in [7, 11) is -2.41. The Morgan fingerprint density at radius 2 is 2.15 bits per heavy atom. The van der Waals surface area contributed by atoms with Crippen LogP contribution in [0.25, 0.3) is 0 Å². The zero-order valence-electron chi connectivity index (χ0n) is 11.2. The van der Waals surface area contributed by atoms with Gasteiger partial charge in [-0.1, -0.05) is 11.6 Å². The van der Waals surface area contributed by atoms with Crippen molar-refractivity contribution in [3.05, 3.63) is 23.2 Å². The van der Waals surface area contributed by atoms with Crippen LogP contribution in [0.1, 0.15) is 6.92 Å². The maximum atomic E-state index is 12.3. The van der Waals surface area contributed by atoms with Crippen LogP contribution in [0.2, 0.25) is 5.02 Å². The molecule has 20 heavy (non-hydrogen) atoms. The molecule has 1 aromatic carbocycles. The molecule has 6 nitrogen and oxygen atoms in total. The molecule has 1 aromatic rings. The lowest BCUT2D eigenvalue weighted by atomic mass is 10.3. The van der Waals surface area contributed by atoms with Gasteiger partial charge in [0.2, 0.25) is 5.91 Å². The summed E-state index contributed by atoms with van der Waals surface area (Å²) in [5.41, 5.74) is 5.82. The van der Waals surface area contributed by atoms with E-state index in [1.165, 1.54) is 32.2 Å². The van der Waals surface area contributed by atoms with E-state index in [4.69, 9.17) is 22.1 Å². The minimum Gasteiger partial charge on any atom is -0.399 e. The number of amides is 1. The van der Waals surface area contributed by atoms with Gasteiger partial charge in [-0.05, 0) is 25.1 Å². The van der Waals surface area contributed by atoms with Gasteiger partial charge >= 0.3 is 0 Å². The fourth-order valence-electron chi connectivity index (χ4n) is 1.49. The number of methoxy groups -OCH3 is 1. The Kier molecular flexibility index (Phi) is 5.79. The molecule has 1 unspecified atom stereocenters. The first-order chi connectivity index (χ1) is 9.30. The molecule has 0 saturated carbocycles. The summed E-state index contributed by atoms with van der Waals surface area (Å²) in [6.07, 6.45) is 0. The Morgan fingerprint density at radius 1 is 1.50 bits per heavy atom. The quantitative estimate of drug-likeness (QED) is 0.598. The molecule has 0 radical (unpaired) electrons. The third-order valence-corrected chi connectivity index (χ3v) is 5.24. The average molecular weight is 321 g/mol. The summed E-state index contributed by atoms with van der Waals surface area (Å²) >= 11 is 5.87. The zero-order chi connectivity index (χ0) is 15.3. The van der Waals surface area contributed by atoms with Crippen LogP contribution in [-0.2, 0) is 19.4 Å². The molecule has 1 rings (SSSR count). The Balaban J connectivity index is 2.98. The van der Waals surface area contributed by atoms with Gasteiger partial charge in [-0.25, -0.2) is 8.42 Å². The smallest absolute Gasteiger partial charge is 0.238 e. The van der Waals surface area contributed by atoms with E-state index in [1.54, 1.807) is 0 Å². The van der Waals surface area contributed by atoms with E-state index in [0.717, 1.165) is 0 Å². The van der Waals surface area contributed by atoms with E-state index < -0.39 is 21.0 Å². The van der Waals surface area contributed by atoms with Gasteiger partial charge in [0.15, 0.2) is 9.84 Å². The number of ether oxygens (including phenoxy) is 1. The van der Waals surface area contributed by atoms with Crippen molar-refractivity contribution in [3.63, 3.8) is 0 Å². The number of halogens is 1. The minimum atomic E-state index is -3.89. The first kappa shape index (κ1) is 16.7. The summed E-state index contributed by atoms with van der Waals surface area (Å²) in [5, 5.41) is 1.25. The van der Waals surface area contributed by atoms with Crippen LogP contribution in [0.15, 0.2) is 23.1 Å². The van der Waals surface area contributed by atoms with E-state index in [-0.39, 0.29) is 22.2 Å². The van der Waals surface area contributed by atoms with Crippen LogP contribution in [0.4, 0.5) is 5.69 Å². The van der Waals surface area contributed by atoms with Crippen molar-refractivity contribution in [2.45, 2.75) is 17.1 Å². The lowest BCUT2D eigenvalue weighted by Crippen LogP contribution is -2.39. The molecular weight excluding hydrogens is 304 g/mol. The van der Waals surface area contributed by atoms with Crippen LogP contribution in [0.3, 0.4) is 0 Å². The van der Waals surface area contributed by atoms with Gasteiger partial charge in [-0.15, -0.1) is 0 Å². The summed E-state index contributed by atoms with van der Waals surface area (Å²) in [5.74, 6) is -0.611. The van der Waals surface area contributed by atoms with Gasteiger partial charge in [0.05, 0.1) is 16.5 Å². The number of nitrogens with two attached hydrogens (primary N) is 1. The standard InChI is InChI=1S/C12H17ClN2O4S/c1-8(12(16)15-5-6-19-2)20(17,18)11-7-9(14)3-4-10(11)13/h3-4,7-8H,5-6,14H2,1-2H3,(H,15,16). The highest BCUT2D eigenvalue weighted by atomic mass is 35.5. The maximum Gasteiger partial charge on any atom is 0.238 e. The summed E-state index contributed by atoms with van der Waals surface area (Å²) in [4.78, 5) is 11.7. The van der Waals surface area contributed by atoms with Crippen molar-refractivity contribution in [1.29, 1.82) is 0 Å². The Labute approximate surface area is 123 Å². The van der Waals surface area contributed by atoms with E-state index in [1.807, 2.05) is 0 Å². The molecule has 1 atom stereocenters. The third-order valence-electron chi connectivity index (χ3n) is 2.70. The van der Waals surface area contributed by atoms with Crippen molar-refractivity contribution < 1.29 is 17.9 Å². The van der Waals surface area contributed by atoms with Crippen LogP contribution < -0.4 is 11.1 Å². The molecule has 0 fully saturated rings. The van der Waals surface area contributed by atoms with E-state index in [9.17, 15) is 13.2 Å². The molecule has 1 amide bonds. The van der Waals surface area contributed by atoms with E-state index in [0.29, 0.717) is 6.61 Å². The summed E-state index contributed by atoms with van der Waals surface area (Å²) in [6.45, 7) is 1.84. The molecular formula is C12H17ClN2O4S. The third kappa shape index (κ3) is 3.84. The van der Waals surface area contributed by atoms with Crippen LogP contribution >= 0.6 is 11.6 Å². The fourth-order valence-corrected chi connectivity index (χ4v) is 3.32. The summed E-state index contributed by atoms with van der Waals surface area (Å²) in [6, 6.07) is 4.13. The van der Waals surface area contributed by atoms with E-state index in [2.05, 4.69) is 5.32 Å². The van der Waals surface area contributed by atoms with Crippen molar-refractivity contribution in [2.75, 3.05) is 26.0 Å². The highest BCUT2D eigenvalue weighted by Gasteiger charge is 2.31. The molecule has 112 valence electrons. The molecule has 0 aromatic heterocycles. The number of hydrogen-bond acceptors (Lipinski definition) is 5. The number of rotatable bonds is 6. The number of sulfone groups is 1. The lowest BCUT2D eigenvalue weighted by Gasteiger charge is -2.14. The number of nitrogen functional groups attached to an aromatic ring is 1. The van der Waals surface area contributed by atoms with Gasteiger partial charge in [0.25, 0.3) is 0 Å². The Hall–Kier alpha value is -1.31. The SMILES string of the molecule is COCCNC(=O)C(C)S(=O)(=O)c1cc(N)ccc1Cl. The van der Waals surface area contributed by atoms with Crippen molar-refractivity contribution in [3.8, 4) is 0 Å². The highest BCUT2D eigenvalue weighted by molar-refractivity contribution is 7.92. The topological polar surface area (TPSA) is 98.5 Å². The minimum absolute atomic E-state index is 0.0377. The first-order valence-corrected chi connectivity index (χ1v) is 7.78. The Bertz CT molecular complexity index is 589. The normalized spacial score (nSPS) is 12.9. The number of anilines is 1. The molecule has 0 heterocycles. The van der Waals surface area contributed by atoms with Crippen LogP contribution in [0, 0.1) is 0 Å². The molecule has 8 heteroatoms. The number of hydrogen-bond donors (Lipinski definition) is 2. The number of carbonyl (C=O) groups is 1. The monoisotopic (exact) mass is 320 g/mol. The Morgan fingerprint density at radius 3 is 2.75 bits per heavy atom. The van der Waals surface area contributed by atoms with Gasteiger partial charge in [0.1, 0.15) is 5.25 Å². The predicted octanol–water partition coefficient (Wildman–Crippen LogP) is 0.847. The largest absolute Gasteiger partial charge is 0.399 e.